The van der Waals surface area contributed by atoms with Gasteiger partial charge in [-0.05, 0) is 41.5 Å². The van der Waals surface area contributed by atoms with Gasteiger partial charge < -0.3 is 16.0 Å². The number of pyridine rings is 2. The van der Waals surface area contributed by atoms with Crippen molar-refractivity contribution < 1.29 is 0 Å². The van der Waals surface area contributed by atoms with Crippen molar-refractivity contribution in [2.24, 2.45) is 5.73 Å². The molecule has 0 spiro atoms. The molecule has 0 saturated carbocycles. The van der Waals surface area contributed by atoms with Crippen LogP contribution in [0.25, 0.3) is 55.4 Å². The van der Waals surface area contributed by atoms with Crippen LogP contribution in [-0.4, -0.2) is 24.9 Å². The Balaban J connectivity index is 0.000000161. The van der Waals surface area contributed by atoms with Crippen LogP contribution in [0.15, 0.2) is 128 Å². The summed E-state index contributed by atoms with van der Waals surface area (Å²) in [6.45, 7) is 1.04. The average molecular weight is 655 g/mol. The van der Waals surface area contributed by atoms with Gasteiger partial charge in [-0.3, -0.25) is 0 Å². The molecule has 0 aliphatic heterocycles. The molecule has 4 N–H and O–H groups in total. The molecule has 0 fully saturated rings. The molecule has 0 aliphatic carbocycles. The van der Waals surface area contributed by atoms with Crippen molar-refractivity contribution in [2.45, 2.75) is 13.1 Å². The minimum atomic E-state index is 0.458. The molecule has 4 heterocycles. The first-order chi connectivity index (χ1) is 23.1. The Morgan fingerprint density at radius 2 is 1.21 bits per heavy atom. The van der Waals surface area contributed by atoms with E-state index in [1.54, 1.807) is 6.33 Å². The predicted molar refractivity (Wildman–Crippen MR) is 193 cm³/mol. The zero-order valence-electron chi connectivity index (χ0n) is 25.2. The molecular weight excluding hydrogens is 625 g/mol. The summed E-state index contributed by atoms with van der Waals surface area (Å²) in [5.41, 5.74) is 14.3. The summed E-state index contributed by atoms with van der Waals surface area (Å²) in [5, 5.41) is 7.74. The maximum atomic E-state index is 6.40. The van der Waals surface area contributed by atoms with Crippen LogP contribution < -0.4 is 11.1 Å². The minimum absolute atomic E-state index is 0.458. The lowest BCUT2D eigenvalue weighted by atomic mass is 10.0. The second-order valence-electron chi connectivity index (χ2n) is 10.9. The van der Waals surface area contributed by atoms with Crippen LogP contribution in [0, 0.1) is 0 Å². The number of H-pyrrole nitrogens is 1. The quantitative estimate of drug-likeness (QED) is 0.165. The molecule has 9 heteroatoms. The van der Waals surface area contributed by atoms with E-state index >= 15 is 0 Å². The number of nitrogens with one attached hydrogen (secondary N) is 2. The topological polar surface area (TPSA) is 105 Å². The fourth-order valence-electron chi connectivity index (χ4n) is 5.59. The van der Waals surface area contributed by atoms with E-state index in [4.69, 9.17) is 38.9 Å². The highest BCUT2D eigenvalue weighted by atomic mass is 35.5. The predicted octanol–water partition coefficient (Wildman–Crippen LogP) is 9.45. The summed E-state index contributed by atoms with van der Waals surface area (Å²) in [7, 11) is 0. The Labute approximate surface area is 281 Å². The summed E-state index contributed by atoms with van der Waals surface area (Å²) >= 11 is 12.6. The summed E-state index contributed by atoms with van der Waals surface area (Å²) in [4.78, 5) is 21.3. The monoisotopic (exact) mass is 653 g/mol. The zero-order valence-corrected chi connectivity index (χ0v) is 26.7. The molecule has 4 aromatic carbocycles. The first-order valence-corrected chi connectivity index (χ1v) is 15.8. The largest absolute Gasteiger partial charge is 0.365 e. The third kappa shape index (κ3) is 6.37. The molecule has 0 atom stereocenters. The van der Waals surface area contributed by atoms with Gasteiger partial charge in [0.25, 0.3) is 0 Å². The van der Waals surface area contributed by atoms with Gasteiger partial charge >= 0.3 is 0 Å². The molecular formula is C38H29Cl2N7. The van der Waals surface area contributed by atoms with Crippen LogP contribution >= 0.6 is 23.2 Å². The number of nitrogens with two attached hydrogens (primary N) is 1. The highest BCUT2D eigenvalue weighted by Gasteiger charge is 2.13. The van der Waals surface area contributed by atoms with Crippen LogP contribution in [0.2, 0.25) is 10.0 Å². The normalized spacial score (nSPS) is 11.0. The number of nitrogens with zero attached hydrogens (tertiary/aromatic N) is 4. The van der Waals surface area contributed by atoms with Gasteiger partial charge in [-0.1, -0.05) is 108 Å². The summed E-state index contributed by atoms with van der Waals surface area (Å²) in [5.74, 6) is 0.788. The molecule has 0 amide bonds. The summed E-state index contributed by atoms with van der Waals surface area (Å²) < 4.78 is 0. The van der Waals surface area contributed by atoms with E-state index in [0.29, 0.717) is 23.1 Å². The van der Waals surface area contributed by atoms with E-state index in [0.717, 1.165) is 72.3 Å². The Bertz CT molecular complexity index is 2320. The molecule has 0 aliphatic rings. The first-order valence-electron chi connectivity index (χ1n) is 15.1. The molecule has 230 valence electrons. The van der Waals surface area contributed by atoms with E-state index in [-0.39, 0.29) is 0 Å². The lowest BCUT2D eigenvalue weighted by Crippen LogP contribution is -2.05. The molecule has 0 bridgehead atoms. The molecule has 8 aromatic rings. The number of anilines is 1. The summed E-state index contributed by atoms with van der Waals surface area (Å²) in [6.07, 6.45) is 3.41. The SMILES string of the molecule is Clc1cccc2cc(CNc3ncnc4[nH]ccc34)c(-c3ccccc3)nc12.NCc1cc2cccc(Cl)c2nc1-c1ccccc1. The Kier molecular flexibility index (Phi) is 8.75. The van der Waals surface area contributed by atoms with E-state index in [9.17, 15) is 0 Å². The van der Waals surface area contributed by atoms with E-state index in [2.05, 4.69) is 44.5 Å². The third-order valence-corrected chi connectivity index (χ3v) is 8.48. The molecule has 8 rings (SSSR count). The number of rotatable bonds is 6. The van der Waals surface area contributed by atoms with Gasteiger partial charge in [0.1, 0.15) is 17.8 Å². The minimum Gasteiger partial charge on any atom is -0.365 e. The van der Waals surface area contributed by atoms with Crippen molar-refractivity contribution in [3.63, 3.8) is 0 Å². The van der Waals surface area contributed by atoms with Gasteiger partial charge in [0.2, 0.25) is 0 Å². The fourth-order valence-corrected chi connectivity index (χ4v) is 6.03. The van der Waals surface area contributed by atoms with E-state index in [1.165, 1.54) is 0 Å². The number of aromatic amines is 1. The molecule has 4 aromatic heterocycles. The van der Waals surface area contributed by atoms with E-state index < -0.39 is 0 Å². The Morgan fingerprint density at radius 1 is 0.638 bits per heavy atom. The number of aromatic nitrogens is 5. The van der Waals surface area contributed by atoms with Gasteiger partial charge in [-0.25, -0.2) is 19.9 Å². The Hall–Kier alpha value is -5.34. The second-order valence-corrected chi connectivity index (χ2v) is 11.7. The fraction of sp³-hybridized carbons (Fsp3) is 0.0526. The van der Waals surface area contributed by atoms with Gasteiger partial charge in [0.15, 0.2) is 0 Å². The molecule has 47 heavy (non-hydrogen) atoms. The molecule has 0 radical (unpaired) electrons. The van der Waals surface area contributed by atoms with Gasteiger partial charge in [-0.2, -0.15) is 0 Å². The van der Waals surface area contributed by atoms with Gasteiger partial charge in [-0.15, -0.1) is 0 Å². The van der Waals surface area contributed by atoms with E-state index in [1.807, 2.05) is 97.2 Å². The van der Waals surface area contributed by atoms with Crippen molar-refractivity contribution in [1.29, 1.82) is 0 Å². The van der Waals surface area contributed by atoms with Crippen LogP contribution in [0.3, 0.4) is 0 Å². The third-order valence-electron chi connectivity index (χ3n) is 7.87. The van der Waals surface area contributed by atoms with Crippen molar-refractivity contribution in [3.05, 3.63) is 149 Å². The van der Waals surface area contributed by atoms with Crippen LogP contribution in [-0.2, 0) is 13.1 Å². The standard InChI is InChI=1S/C22H16ClN5.C16H13ClN2/c23-18-8-4-7-15-11-16(19(28-20(15)18)14-5-2-1-3-6-14)12-25-22-17-9-10-24-21(17)26-13-27-22;17-14-8-4-7-12-9-13(10-18)15(19-16(12)14)11-5-2-1-3-6-11/h1-11,13H,12H2,(H2,24,25,26,27);1-9H,10,18H2. The van der Waals surface area contributed by atoms with Gasteiger partial charge in [0.05, 0.1) is 37.9 Å². The Morgan fingerprint density at radius 3 is 1.81 bits per heavy atom. The number of fused-ring (bicyclic) bond motifs is 3. The van der Waals surface area contributed by atoms with Crippen molar-refractivity contribution in [2.75, 3.05) is 5.32 Å². The smallest absolute Gasteiger partial charge is 0.142 e. The number of halogens is 2. The van der Waals surface area contributed by atoms with Crippen LogP contribution in [0.1, 0.15) is 11.1 Å². The highest BCUT2D eigenvalue weighted by Crippen LogP contribution is 2.31. The maximum absolute atomic E-state index is 6.40. The first kappa shape index (κ1) is 30.3. The number of benzene rings is 4. The number of hydrogen-bond donors (Lipinski definition) is 3. The number of para-hydroxylation sites is 2. The summed E-state index contributed by atoms with van der Waals surface area (Å²) in [6, 6.07) is 38.0. The lowest BCUT2D eigenvalue weighted by molar-refractivity contribution is 1.06. The van der Waals surface area contributed by atoms with Crippen molar-refractivity contribution >= 4 is 61.9 Å². The molecule has 0 unspecified atom stereocenters. The van der Waals surface area contributed by atoms with Gasteiger partial charge in [0, 0.05) is 41.2 Å². The molecule has 0 saturated heterocycles. The van der Waals surface area contributed by atoms with Crippen LogP contribution in [0.5, 0.6) is 0 Å². The highest BCUT2D eigenvalue weighted by molar-refractivity contribution is 6.35. The van der Waals surface area contributed by atoms with Crippen molar-refractivity contribution in [1.82, 2.24) is 24.9 Å². The lowest BCUT2D eigenvalue weighted by Gasteiger charge is -2.13. The van der Waals surface area contributed by atoms with Crippen molar-refractivity contribution in [3.8, 4) is 22.5 Å². The molecule has 7 nitrogen and oxygen atoms in total. The second kappa shape index (κ2) is 13.6. The maximum Gasteiger partial charge on any atom is 0.142 e. The zero-order chi connectivity index (χ0) is 32.2. The average Bonchev–Trinajstić information content (AvgIpc) is 3.61. The number of hydrogen-bond acceptors (Lipinski definition) is 6. The van der Waals surface area contributed by atoms with Crippen LogP contribution in [0.4, 0.5) is 5.82 Å².